The number of benzene rings is 1. The highest BCUT2D eigenvalue weighted by molar-refractivity contribution is 5.87. The molecule has 1 atom stereocenters. The minimum Gasteiger partial charge on any atom is -0.309 e. The first-order chi connectivity index (χ1) is 34.5. The van der Waals surface area contributed by atoms with Crippen LogP contribution in [0.2, 0.25) is 0 Å². The van der Waals surface area contributed by atoms with Crippen LogP contribution in [0, 0.1) is 30.6 Å². The maximum atomic E-state index is 6.64. The van der Waals surface area contributed by atoms with E-state index in [0.717, 1.165) is 102 Å². The second kappa shape index (κ2) is 17.9. The summed E-state index contributed by atoms with van der Waals surface area (Å²) in [6.07, 6.45) is 64.9. The molecule has 8 aliphatic carbocycles. The summed E-state index contributed by atoms with van der Waals surface area (Å²) in [4.78, 5) is 2.29. The average Bonchev–Trinajstić information content (AvgIpc) is 3.97. The topological polar surface area (TPSA) is 8.17 Å². The van der Waals surface area contributed by atoms with Crippen LogP contribution in [0.25, 0.3) is 35.1 Å². The van der Waals surface area contributed by atoms with E-state index in [1.54, 1.807) is 0 Å². The summed E-state index contributed by atoms with van der Waals surface area (Å²) in [5.74, 6) is 2.88. The van der Waals surface area contributed by atoms with Crippen LogP contribution in [0.1, 0.15) is 80.2 Å². The SMILES string of the molecule is C#CC1/C=C(n2c(C=C=CC)c(C)c3c2C=C=CC=C3)\C=C/CC(C)(C)C2=C1C=C(C1=CC(c3ccc4c(c3)C3=C=C(C=CC(N5C6=C=C(C=CC=C6)C6=C5C=C=CC=C6)=C3)C4(C)C)=CC=C=C1)C=C=C2. The molecule has 1 aromatic carbocycles. The first kappa shape index (κ1) is 44.6. The summed E-state index contributed by atoms with van der Waals surface area (Å²) in [5, 5.41) is 0. The van der Waals surface area contributed by atoms with Gasteiger partial charge in [0.25, 0.3) is 0 Å². The number of terminal acetylenes is 1. The zero-order chi connectivity index (χ0) is 48.9. The summed E-state index contributed by atoms with van der Waals surface area (Å²) in [5.41, 5.74) is 46.0. The Hall–Kier alpha value is -8.88. The lowest BCUT2D eigenvalue weighted by atomic mass is 9.71. The van der Waals surface area contributed by atoms with Gasteiger partial charge in [-0.05, 0) is 185 Å². The number of nitrogens with zero attached hydrogens (tertiary/aromatic N) is 2. The zero-order valence-electron chi connectivity index (χ0n) is 41.1. The van der Waals surface area contributed by atoms with Gasteiger partial charge in [0.2, 0.25) is 0 Å². The fourth-order valence-corrected chi connectivity index (χ4v) is 10.7. The van der Waals surface area contributed by atoms with Crippen LogP contribution >= 0.6 is 0 Å². The van der Waals surface area contributed by atoms with Gasteiger partial charge in [-0.25, -0.2) is 0 Å². The van der Waals surface area contributed by atoms with E-state index < -0.39 is 0 Å². The molecule has 0 fully saturated rings. The van der Waals surface area contributed by atoms with Gasteiger partial charge in [-0.2, -0.15) is 0 Å². The van der Waals surface area contributed by atoms with Crippen molar-refractivity contribution in [1.29, 1.82) is 0 Å². The third-order valence-corrected chi connectivity index (χ3v) is 14.5. The maximum Gasteiger partial charge on any atom is 0.0897 e. The third kappa shape index (κ3) is 7.93. The fraction of sp³-hybridized carbons (Fsp3) is 0.145. The fourth-order valence-electron chi connectivity index (χ4n) is 10.7. The predicted octanol–water partition coefficient (Wildman–Crippen LogP) is 16.0. The minimum absolute atomic E-state index is 0.242. The van der Waals surface area contributed by atoms with Gasteiger partial charge in [0, 0.05) is 62.9 Å². The molecule has 2 heteroatoms. The van der Waals surface area contributed by atoms with Gasteiger partial charge in [-0.3, -0.25) is 0 Å². The molecule has 0 amide bonds. The molecule has 0 saturated heterocycles. The first-order valence-electron chi connectivity index (χ1n) is 24.4. The molecular weight excluding hydrogens is 857 g/mol. The Morgan fingerprint density at radius 3 is 2.41 bits per heavy atom. The Balaban J connectivity index is 0.996. The molecule has 2 nitrogen and oxygen atoms in total. The van der Waals surface area contributed by atoms with Crippen molar-refractivity contribution >= 4 is 35.1 Å². The van der Waals surface area contributed by atoms with Crippen LogP contribution < -0.4 is 0 Å². The van der Waals surface area contributed by atoms with Gasteiger partial charge in [0.1, 0.15) is 0 Å². The van der Waals surface area contributed by atoms with Crippen LogP contribution in [0.5, 0.6) is 0 Å². The number of hydrogen-bond acceptors (Lipinski definition) is 1. The number of aromatic nitrogens is 1. The van der Waals surface area contributed by atoms with Crippen LogP contribution in [0.3, 0.4) is 0 Å². The highest BCUT2D eigenvalue weighted by atomic mass is 15.2. The van der Waals surface area contributed by atoms with E-state index in [2.05, 4.69) is 236 Å². The predicted molar refractivity (Wildman–Crippen MR) is 296 cm³/mol. The molecule has 1 aromatic heterocycles. The largest absolute Gasteiger partial charge is 0.309 e. The van der Waals surface area contributed by atoms with Gasteiger partial charge in [0.15, 0.2) is 0 Å². The second-order valence-corrected chi connectivity index (χ2v) is 19.8. The molecular formula is C69H52N2. The van der Waals surface area contributed by atoms with Crippen LogP contribution in [-0.2, 0) is 5.41 Å². The summed E-state index contributed by atoms with van der Waals surface area (Å²) in [6.45, 7) is 13.4. The number of hydrogen-bond donors (Lipinski definition) is 0. The van der Waals surface area contributed by atoms with E-state index in [-0.39, 0.29) is 16.7 Å². The Bertz CT molecular complexity index is 3810. The molecule has 338 valence electrons. The lowest BCUT2D eigenvalue weighted by molar-refractivity contribution is 0.460. The standard InChI is InChI=1S/C69H52N2/c1-8-10-32-65-47(3)59-29-13-11-15-33-66(59)71(65)57-28-22-39-68(4,5)63-31-21-26-51(45-61(63)48(9-2)42-57)49-23-17-18-24-50(40-49)52-35-38-64-62(46-52)54-41-55(69(64,6)7)36-37-58(44-54)70-56-27-20-19-25-53(43-56)60-30-14-12-16-34-67(60)70/h2,8,11-14,18-20,22-38,40,42,44-46,48H,39H2,1,3-7H3/b28-22-,57-42+. The Labute approximate surface area is 419 Å². The average molecular weight is 909 g/mol. The van der Waals surface area contributed by atoms with Crippen molar-refractivity contribution in [3.63, 3.8) is 0 Å². The third-order valence-electron chi connectivity index (χ3n) is 14.5. The summed E-state index contributed by atoms with van der Waals surface area (Å²) < 4.78 is 2.31. The minimum atomic E-state index is -0.355. The Morgan fingerprint density at radius 1 is 0.746 bits per heavy atom. The van der Waals surface area contributed by atoms with Crippen LogP contribution in [-0.4, -0.2) is 9.47 Å². The van der Waals surface area contributed by atoms with Gasteiger partial charge in [0.05, 0.1) is 28.7 Å². The van der Waals surface area contributed by atoms with Gasteiger partial charge in [-0.1, -0.05) is 94.0 Å². The van der Waals surface area contributed by atoms with Crippen molar-refractivity contribution in [2.75, 3.05) is 0 Å². The van der Waals surface area contributed by atoms with E-state index in [9.17, 15) is 0 Å². The molecule has 4 bridgehead atoms. The Morgan fingerprint density at radius 2 is 1.55 bits per heavy atom. The molecule has 1 unspecified atom stereocenters. The second-order valence-electron chi connectivity index (χ2n) is 19.8. The van der Waals surface area contributed by atoms with Gasteiger partial charge < -0.3 is 9.47 Å². The van der Waals surface area contributed by atoms with E-state index in [1.807, 2.05) is 43.4 Å². The smallest absolute Gasteiger partial charge is 0.0897 e. The van der Waals surface area contributed by atoms with Gasteiger partial charge in [-0.15, -0.1) is 40.8 Å². The molecule has 0 N–H and O–H groups in total. The molecule has 9 aliphatic rings. The zero-order valence-corrected chi connectivity index (χ0v) is 41.1. The maximum absolute atomic E-state index is 6.64. The molecule has 0 radical (unpaired) electrons. The molecule has 1 aliphatic heterocycles. The first-order valence-corrected chi connectivity index (χ1v) is 24.4. The van der Waals surface area contributed by atoms with E-state index in [1.165, 1.54) is 16.7 Å². The number of allylic oxidation sites excluding steroid dienone is 29. The molecule has 11 rings (SSSR count). The highest BCUT2D eigenvalue weighted by Crippen LogP contribution is 2.46. The number of fused-ring (bicyclic) bond motifs is 4. The van der Waals surface area contributed by atoms with Crippen molar-refractivity contribution in [2.45, 2.75) is 53.4 Å². The molecule has 2 heterocycles. The van der Waals surface area contributed by atoms with Crippen molar-refractivity contribution in [3.05, 3.63) is 299 Å². The van der Waals surface area contributed by atoms with E-state index in [4.69, 9.17) is 6.42 Å². The molecule has 71 heavy (non-hydrogen) atoms. The van der Waals surface area contributed by atoms with E-state index in [0.29, 0.717) is 0 Å². The summed E-state index contributed by atoms with van der Waals surface area (Å²) >= 11 is 0. The van der Waals surface area contributed by atoms with Crippen LogP contribution in [0.15, 0.2) is 260 Å². The van der Waals surface area contributed by atoms with E-state index >= 15 is 0 Å². The monoisotopic (exact) mass is 908 g/mol. The van der Waals surface area contributed by atoms with Crippen molar-refractivity contribution in [1.82, 2.24) is 9.47 Å². The van der Waals surface area contributed by atoms with Crippen LogP contribution in [0.4, 0.5) is 0 Å². The molecule has 0 spiro atoms. The Kier molecular flexibility index (Phi) is 11.2. The summed E-state index contributed by atoms with van der Waals surface area (Å²) in [6, 6.07) is 6.92. The van der Waals surface area contributed by atoms with Crippen molar-refractivity contribution in [3.8, 4) is 12.3 Å². The normalized spacial score (nSPS) is 22.1. The summed E-state index contributed by atoms with van der Waals surface area (Å²) in [7, 11) is 0. The molecule has 2 aromatic rings. The number of rotatable bonds is 5. The highest BCUT2D eigenvalue weighted by Gasteiger charge is 2.34. The van der Waals surface area contributed by atoms with Gasteiger partial charge >= 0.3 is 0 Å². The lowest BCUT2D eigenvalue weighted by Crippen LogP contribution is -2.23. The molecule has 0 saturated carbocycles. The quantitative estimate of drug-likeness (QED) is 0.214. The lowest BCUT2D eigenvalue weighted by Gasteiger charge is -2.31. The van der Waals surface area contributed by atoms with Crippen molar-refractivity contribution < 1.29 is 0 Å². The van der Waals surface area contributed by atoms with Crippen molar-refractivity contribution in [2.24, 2.45) is 11.3 Å².